The molecule has 0 aromatic carbocycles. The van der Waals surface area contributed by atoms with Crippen LogP contribution >= 0.6 is 0 Å². The van der Waals surface area contributed by atoms with Gasteiger partial charge < -0.3 is 19.6 Å². The van der Waals surface area contributed by atoms with E-state index in [1.54, 1.807) is 23.4 Å². The lowest BCUT2D eigenvalue weighted by Crippen LogP contribution is -2.55. The highest BCUT2D eigenvalue weighted by molar-refractivity contribution is 5.93. The van der Waals surface area contributed by atoms with Crippen molar-refractivity contribution < 1.29 is 14.0 Å². The van der Waals surface area contributed by atoms with Gasteiger partial charge in [0.15, 0.2) is 5.69 Å². The predicted molar refractivity (Wildman–Crippen MR) is 117 cm³/mol. The summed E-state index contributed by atoms with van der Waals surface area (Å²) in [4.78, 5) is 53.7. The molecular formula is C23H24N6O4. The first-order valence-corrected chi connectivity index (χ1v) is 11.0. The molecule has 1 spiro atoms. The number of nitrogens with zero attached hydrogens (tertiary/aromatic N) is 4. The van der Waals surface area contributed by atoms with Crippen molar-refractivity contribution in [1.29, 1.82) is 0 Å². The Labute approximate surface area is 189 Å². The second kappa shape index (κ2) is 8.61. The number of aromatic amines is 1. The van der Waals surface area contributed by atoms with Crippen LogP contribution in [0.4, 0.5) is 0 Å². The van der Waals surface area contributed by atoms with Crippen LogP contribution in [0.3, 0.4) is 0 Å². The van der Waals surface area contributed by atoms with Gasteiger partial charge in [-0.3, -0.25) is 19.4 Å². The van der Waals surface area contributed by atoms with Crippen molar-refractivity contribution >= 4 is 11.8 Å². The maximum atomic E-state index is 13.2. The number of amides is 2. The minimum Gasteiger partial charge on any atom is -0.444 e. The van der Waals surface area contributed by atoms with Gasteiger partial charge in [-0.1, -0.05) is 6.42 Å². The predicted octanol–water partition coefficient (Wildman–Crippen LogP) is 1.88. The number of hydrogen-bond donors (Lipinski definition) is 2. The first-order valence-electron chi connectivity index (χ1n) is 11.0. The van der Waals surface area contributed by atoms with Gasteiger partial charge in [0.1, 0.15) is 12.0 Å². The van der Waals surface area contributed by atoms with Gasteiger partial charge in [0.2, 0.25) is 5.89 Å². The van der Waals surface area contributed by atoms with E-state index >= 15 is 0 Å². The molecule has 5 rings (SSSR count). The lowest BCUT2D eigenvalue weighted by Gasteiger charge is -2.53. The highest BCUT2D eigenvalue weighted by Crippen LogP contribution is 2.52. The van der Waals surface area contributed by atoms with E-state index in [0.717, 1.165) is 25.7 Å². The van der Waals surface area contributed by atoms with Crippen molar-refractivity contribution in [3.8, 4) is 11.5 Å². The fourth-order valence-electron chi connectivity index (χ4n) is 4.82. The maximum Gasteiger partial charge on any atom is 0.275 e. The molecule has 2 aliphatic rings. The Balaban J connectivity index is 1.27. The van der Waals surface area contributed by atoms with Gasteiger partial charge in [-0.05, 0) is 42.7 Å². The van der Waals surface area contributed by atoms with Gasteiger partial charge >= 0.3 is 0 Å². The molecule has 1 aliphatic heterocycles. The molecule has 1 atom stereocenters. The molecule has 33 heavy (non-hydrogen) atoms. The molecule has 2 amide bonds. The number of rotatable bonds is 5. The highest BCUT2D eigenvalue weighted by atomic mass is 16.3. The summed E-state index contributed by atoms with van der Waals surface area (Å²) in [6, 6.07) is 4.78. The van der Waals surface area contributed by atoms with E-state index in [-0.39, 0.29) is 34.2 Å². The number of oxazole rings is 1. The summed E-state index contributed by atoms with van der Waals surface area (Å²) in [7, 11) is 0. The molecular weight excluding hydrogens is 424 g/mol. The number of pyridine rings is 1. The fraction of sp³-hybridized carbons (Fsp3) is 0.391. The van der Waals surface area contributed by atoms with Crippen molar-refractivity contribution in [2.24, 2.45) is 11.3 Å². The zero-order valence-electron chi connectivity index (χ0n) is 18.0. The summed E-state index contributed by atoms with van der Waals surface area (Å²) in [6.45, 7) is 1.59. The van der Waals surface area contributed by atoms with Gasteiger partial charge in [-0.2, -0.15) is 0 Å². The minimum atomic E-state index is -0.392. The van der Waals surface area contributed by atoms with Gasteiger partial charge in [-0.15, -0.1) is 0 Å². The van der Waals surface area contributed by atoms with Crippen molar-refractivity contribution in [3.63, 3.8) is 0 Å². The molecule has 1 saturated carbocycles. The average Bonchev–Trinajstić information content (AvgIpc) is 3.32. The lowest BCUT2D eigenvalue weighted by atomic mass is 9.57. The fourth-order valence-corrected chi connectivity index (χ4v) is 4.82. The smallest absolute Gasteiger partial charge is 0.275 e. The molecule has 3 aromatic rings. The monoisotopic (exact) mass is 448 g/mol. The topological polar surface area (TPSA) is 134 Å². The SMILES string of the molecule is O=C(NCC1CN(C(=O)c2coc(-c3cccnc3)n2)CCC12CCC2)c1cc(=O)[nH]cn1. The quantitative estimate of drug-likeness (QED) is 0.609. The Kier molecular flexibility index (Phi) is 5.49. The van der Waals surface area contributed by atoms with Crippen LogP contribution in [-0.2, 0) is 0 Å². The number of piperidine rings is 1. The van der Waals surface area contributed by atoms with Crippen molar-refractivity contribution in [3.05, 3.63) is 64.9 Å². The molecule has 4 heterocycles. The molecule has 170 valence electrons. The van der Waals surface area contributed by atoms with E-state index in [1.165, 1.54) is 18.7 Å². The first-order chi connectivity index (χ1) is 16.0. The molecule has 10 heteroatoms. The summed E-state index contributed by atoms with van der Waals surface area (Å²) < 4.78 is 5.51. The van der Waals surface area contributed by atoms with Crippen LogP contribution in [0.15, 0.2) is 52.4 Å². The maximum absolute atomic E-state index is 13.2. The van der Waals surface area contributed by atoms with E-state index in [2.05, 4.69) is 25.3 Å². The Hall–Kier alpha value is -3.82. The molecule has 2 N–H and O–H groups in total. The van der Waals surface area contributed by atoms with Crippen LogP contribution < -0.4 is 10.9 Å². The molecule has 2 fully saturated rings. The number of nitrogens with one attached hydrogen (secondary N) is 2. The number of hydrogen-bond acceptors (Lipinski definition) is 7. The summed E-state index contributed by atoms with van der Waals surface area (Å²) in [5, 5.41) is 2.91. The summed E-state index contributed by atoms with van der Waals surface area (Å²) >= 11 is 0. The highest BCUT2D eigenvalue weighted by Gasteiger charge is 2.48. The molecule has 1 unspecified atom stereocenters. The first kappa shape index (κ1) is 21.0. The normalized spacial score (nSPS) is 19.2. The van der Waals surface area contributed by atoms with Crippen LogP contribution in [0, 0.1) is 11.3 Å². The van der Waals surface area contributed by atoms with Gasteiger partial charge in [-0.25, -0.2) is 9.97 Å². The van der Waals surface area contributed by atoms with E-state index in [9.17, 15) is 14.4 Å². The third-order valence-electron chi connectivity index (χ3n) is 6.87. The Bertz CT molecular complexity index is 1220. The molecule has 0 bridgehead atoms. The second-order valence-corrected chi connectivity index (χ2v) is 8.70. The van der Waals surface area contributed by atoms with Crippen molar-refractivity contribution in [2.45, 2.75) is 25.7 Å². The zero-order chi connectivity index (χ0) is 22.8. The van der Waals surface area contributed by atoms with Gasteiger partial charge in [0.05, 0.1) is 11.9 Å². The lowest BCUT2D eigenvalue weighted by molar-refractivity contribution is -0.0222. The molecule has 1 aliphatic carbocycles. The number of carbonyl (C=O) groups is 2. The molecule has 1 saturated heterocycles. The van der Waals surface area contributed by atoms with E-state index in [0.29, 0.717) is 31.1 Å². The summed E-state index contributed by atoms with van der Waals surface area (Å²) in [5.74, 6) is -0.111. The zero-order valence-corrected chi connectivity index (χ0v) is 18.0. The summed E-state index contributed by atoms with van der Waals surface area (Å²) in [5.41, 5.74) is 0.802. The van der Waals surface area contributed by atoms with Crippen molar-refractivity contribution in [2.75, 3.05) is 19.6 Å². The Morgan fingerprint density at radius 2 is 2.15 bits per heavy atom. The average molecular weight is 448 g/mol. The van der Waals surface area contributed by atoms with Crippen LogP contribution in [-0.4, -0.2) is 56.3 Å². The number of H-pyrrole nitrogens is 1. The number of likely N-dealkylation sites (tertiary alicyclic amines) is 1. The van der Waals surface area contributed by atoms with E-state index in [1.807, 2.05) is 6.07 Å². The largest absolute Gasteiger partial charge is 0.444 e. The third kappa shape index (κ3) is 4.15. The van der Waals surface area contributed by atoms with Crippen LogP contribution in [0.2, 0.25) is 0 Å². The number of aromatic nitrogens is 4. The van der Waals surface area contributed by atoms with Gasteiger partial charge in [0.25, 0.3) is 17.4 Å². The Morgan fingerprint density at radius 1 is 1.27 bits per heavy atom. The third-order valence-corrected chi connectivity index (χ3v) is 6.87. The molecule has 10 nitrogen and oxygen atoms in total. The van der Waals surface area contributed by atoms with Crippen LogP contribution in [0.5, 0.6) is 0 Å². The Morgan fingerprint density at radius 3 is 2.88 bits per heavy atom. The van der Waals surface area contributed by atoms with Gasteiger partial charge in [0, 0.05) is 38.1 Å². The molecule has 3 aromatic heterocycles. The molecule has 0 radical (unpaired) electrons. The van der Waals surface area contributed by atoms with Crippen LogP contribution in [0.1, 0.15) is 46.7 Å². The van der Waals surface area contributed by atoms with Crippen LogP contribution in [0.25, 0.3) is 11.5 Å². The minimum absolute atomic E-state index is 0.0793. The van der Waals surface area contributed by atoms with E-state index < -0.39 is 5.91 Å². The van der Waals surface area contributed by atoms with E-state index in [4.69, 9.17) is 4.42 Å². The van der Waals surface area contributed by atoms with Crippen molar-refractivity contribution in [1.82, 2.24) is 30.2 Å². The second-order valence-electron chi connectivity index (χ2n) is 8.70. The standard InChI is InChI=1S/C23H24N6O4/c30-19-9-17(26-14-27-19)20(31)25-11-16-12-29(8-6-23(16)4-2-5-23)22(32)18-13-33-21(28-18)15-3-1-7-24-10-15/h1,3,7,9-10,13-14,16H,2,4-6,8,11-12H2,(H,25,31)(H,26,27,30). The number of carbonyl (C=O) groups excluding carboxylic acids is 2. The summed E-state index contributed by atoms with van der Waals surface area (Å²) in [6.07, 6.45) is 10.1.